The fraction of sp³-hybridized carbons (Fsp3) is 0.154. The molecule has 22 heavy (non-hydrogen) atoms. The van der Waals surface area contributed by atoms with E-state index < -0.39 is 5.75 Å². The lowest BCUT2D eigenvalue weighted by Crippen LogP contribution is -2.11. The molecular weight excluding hydrogens is 331 g/mol. The summed E-state index contributed by atoms with van der Waals surface area (Å²) in [5, 5.41) is 22.8. The molecule has 0 spiro atoms. The zero-order valence-electron chi connectivity index (χ0n) is 11.4. The maximum atomic E-state index is 11.4. The molecule has 7 nitrogen and oxygen atoms in total. The first kappa shape index (κ1) is 16.1. The van der Waals surface area contributed by atoms with Gasteiger partial charge in [0.25, 0.3) is 5.56 Å². The molecule has 0 unspecified atom stereocenters. The Balaban J connectivity index is 2.24. The number of nitrogens with zero attached hydrogens (tertiary/aromatic N) is 2. The molecule has 0 aliphatic heterocycles. The third kappa shape index (κ3) is 3.49. The summed E-state index contributed by atoms with van der Waals surface area (Å²) in [6.07, 6.45) is 1.83. The minimum atomic E-state index is -0.410. The van der Waals surface area contributed by atoms with Crippen LogP contribution in [-0.2, 0) is 6.42 Å². The van der Waals surface area contributed by atoms with Crippen molar-refractivity contribution in [1.82, 2.24) is 9.97 Å². The number of phenols is 2. The molecule has 116 valence electrons. The van der Waals surface area contributed by atoms with Crippen LogP contribution in [0.25, 0.3) is 0 Å². The number of hydrogen-bond acceptors (Lipinski definition) is 6. The summed E-state index contributed by atoms with van der Waals surface area (Å²) in [4.78, 5) is 18.0. The first-order chi connectivity index (χ1) is 10.4. The van der Waals surface area contributed by atoms with Crippen LogP contribution in [0, 0.1) is 0 Å². The minimum absolute atomic E-state index is 0.0243. The summed E-state index contributed by atoms with van der Waals surface area (Å²) in [7, 11) is 0. The van der Waals surface area contributed by atoms with Crippen LogP contribution in [0.2, 0.25) is 10.0 Å². The van der Waals surface area contributed by atoms with Gasteiger partial charge in [-0.15, -0.1) is 0 Å². The summed E-state index contributed by atoms with van der Waals surface area (Å²) in [5.74, 6) is -0.610. The second-order valence-electron chi connectivity index (χ2n) is 4.27. The van der Waals surface area contributed by atoms with Crippen LogP contribution in [0.15, 0.2) is 22.0 Å². The lowest BCUT2D eigenvalue weighted by atomic mass is 10.2. The van der Waals surface area contributed by atoms with E-state index in [0.717, 1.165) is 0 Å². The quantitative estimate of drug-likeness (QED) is 0.504. The Kier molecular flexibility index (Phi) is 4.89. The van der Waals surface area contributed by atoms with Gasteiger partial charge in [0.1, 0.15) is 10.8 Å². The van der Waals surface area contributed by atoms with Gasteiger partial charge in [-0.25, -0.2) is 10.4 Å². The van der Waals surface area contributed by atoms with Crippen LogP contribution in [-0.4, -0.2) is 26.4 Å². The molecule has 0 aliphatic rings. The molecule has 4 N–H and O–H groups in total. The van der Waals surface area contributed by atoms with Crippen molar-refractivity contribution in [3.63, 3.8) is 0 Å². The van der Waals surface area contributed by atoms with Gasteiger partial charge in [-0.3, -0.25) is 9.78 Å². The van der Waals surface area contributed by atoms with E-state index in [-0.39, 0.29) is 32.9 Å². The molecule has 0 saturated carbocycles. The van der Waals surface area contributed by atoms with Gasteiger partial charge in [0, 0.05) is 17.3 Å². The van der Waals surface area contributed by atoms with Crippen molar-refractivity contribution in [2.75, 3.05) is 5.43 Å². The molecule has 1 aromatic carbocycles. The van der Waals surface area contributed by atoms with Gasteiger partial charge in [-0.05, 0) is 12.5 Å². The summed E-state index contributed by atoms with van der Waals surface area (Å²) < 4.78 is 0. The van der Waals surface area contributed by atoms with Crippen molar-refractivity contribution < 1.29 is 10.2 Å². The van der Waals surface area contributed by atoms with Gasteiger partial charge in [-0.1, -0.05) is 30.1 Å². The molecule has 9 heteroatoms. The molecule has 0 radical (unpaired) electrons. The average molecular weight is 343 g/mol. The molecular formula is C13H12Cl2N4O3. The standard InChI is InChI=1S/C13H12Cl2N4O3/c1-2-7-4-9(20)18-13(17-7)19-16-5-6-3-8(14)12(22)10(15)11(6)21/h3-5,21-22H,2H2,1H3,(H2,17,18,19,20)/b16-5-. The largest absolute Gasteiger partial charge is 0.506 e. The van der Waals surface area contributed by atoms with Gasteiger partial charge in [0.05, 0.1) is 11.2 Å². The molecule has 0 saturated heterocycles. The summed E-state index contributed by atoms with van der Waals surface area (Å²) in [6.45, 7) is 1.87. The number of hydrazone groups is 1. The molecule has 0 aliphatic carbocycles. The first-order valence-electron chi connectivity index (χ1n) is 6.21. The Labute approximate surface area is 135 Å². The number of phenolic OH excluding ortho intramolecular Hbond substituents is 2. The van der Waals surface area contributed by atoms with Crippen molar-refractivity contribution >= 4 is 35.4 Å². The molecule has 0 bridgehead atoms. The highest BCUT2D eigenvalue weighted by Crippen LogP contribution is 2.40. The summed E-state index contributed by atoms with van der Waals surface area (Å²) >= 11 is 11.5. The molecule has 0 amide bonds. The van der Waals surface area contributed by atoms with E-state index in [9.17, 15) is 15.0 Å². The fourth-order valence-electron chi connectivity index (χ4n) is 1.62. The highest BCUT2D eigenvalue weighted by Gasteiger charge is 2.13. The normalized spacial score (nSPS) is 11.0. The molecule has 2 aromatic rings. The number of aromatic hydroxyl groups is 2. The van der Waals surface area contributed by atoms with Gasteiger partial charge < -0.3 is 10.2 Å². The SMILES string of the molecule is CCc1cc(=O)[nH]c(N/N=C\c2cc(Cl)c(O)c(Cl)c2O)n1. The smallest absolute Gasteiger partial charge is 0.252 e. The average Bonchev–Trinajstić information content (AvgIpc) is 2.49. The van der Waals surface area contributed by atoms with Crippen LogP contribution in [0.3, 0.4) is 0 Å². The Morgan fingerprint density at radius 3 is 2.77 bits per heavy atom. The Morgan fingerprint density at radius 2 is 2.09 bits per heavy atom. The van der Waals surface area contributed by atoms with Crippen molar-refractivity contribution in [3.05, 3.63) is 43.8 Å². The predicted octanol–water partition coefficient (Wildman–Crippen LogP) is 2.50. The maximum absolute atomic E-state index is 11.4. The second kappa shape index (κ2) is 6.67. The number of hydrogen-bond donors (Lipinski definition) is 4. The van der Waals surface area contributed by atoms with E-state index in [1.54, 1.807) is 0 Å². The third-order valence-electron chi connectivity index (χ3n) is 2.73. The molecule has 0 fully saturated rings. The zero-order valence-corrected chi connectivity index (χ0v) is 12.9. The monoisotopic (exact) mass is 342 g/mol. The van der Waals surface area contributed by atoms with Crippen LogP contribution in [0.1, 0.15) is 18.2 Å². The van der Waals surface area contributed by atoms with Gasteiger partial charge in [-0.2, -0.15) is 5.10 Å². The van der Waals surface area contributed by atoms with E-state index in [0.29, 0.717) is 12.1 Å². The van der Waals surface area contributed by atoms with Crippen LogP contribution >= 0.6 is 23.2 Å². The lowest BCUT2D eigenvalue weighted by molar-refractivity contribution is 0.450. The topological polar surface area (TPSA) is 111 Å². The number of nitrogens with one attached hydrogen (secondary N) is 2. The Hall–Kier alpha value is -2.25. The van der Waals surface area contributed by atoms with E-state index >= 15 is 0 Å². The lowest BCUT2D eigenvalue weighted by Gasteiger charge is -2.06. The molecule has 1 aromatic heterocycles. The number of benzene rings is 1. The fourth-order valence-corrected chi connectivity index (χ4v) is 2.09. The van der Waals surface area contributed by atoms with Gasteiger partial charge in [0.2, 0.25) is 5.95 Å². The number of aromatic amines is 1. The van der Waals surface area contributed by atoms with E-state index in [4.69, 9.17) is 23.2 Å². The minimum Gasteiger partial charge on any atom is -0.506 e. The van der Waals surface area contributed by atoms with Crippen LogP contribution in [0.5, 0.6) is 11.5 Å². The zero-order chi connectivity index (χ0) is 16.3. The van der Waals surface area contributed by atoms with E-state index in [1.807, 2.05) is 6.92 Å². The van der Waals surface area contributed by atoms with Gasteiger partial charge in [0.15, 0.2) is 5.75 Å². The van der Waals surface area contributed by atoms with Crippen LogP contribution < -0.4 is 11.0 Å². The highest BCUT2D eigenvalue weighted by atomic mass is 35.5. The summed E-state index contributed by atoms with van der Waals surface area (Å²) in [5.41, 5.74) is 3.03. The number of rotatable bonds is 4. The van der Waals surface area contributed by atoms with Crippen molar-refractivity contribution in [2.45, 2.75) is 13.3 Å². The van der Waals surface area contributed by atoms with Crippen molar-refractivity contribution in [1.29, 1.82) is 0 Å². The van der Waals surface area contributed by atoms with E-state index in [2.05, 4.69) is 20.5 Å². The highest BCUT2D eigenvalue weighted by molar-refractivity contribution is 6.38. The molecule has 0 atom stereocenters. The number of halogens is 2. The summed E-state index contributed by atoms with van der Waals surface area (Å²) in [6, 6.07) is 2.68. The molecule has 2 rings (SSSR count). The number of anilines is 1. The Morgan fingerprint density at radius 1 is 1.36 bits per heavy atom. The number of aryl methyl sites for hydroxylation is 1. The number of aromatic nitrogens is 2. The van der Waals surface area contributed by atoms with E-state index in [1.165, 1.54) is 18.3 Å². The second-order valence-corrected chi connectivity index (χ2v) is 5.05. The van der Waals surface area contributed by atoms with Crippen LogP contribution in [0.4, 0.5) is 5.95 Å². The van der Waals surface area contributed by atoms with Crippen molar-refractivity contribution in [2.24, 2.45) is 5.10 Å². The predicted molar refractivity (Wildman–Crippen MR) is 85.2 cm³/mol. The maximum Gasteiger partial charge on any atom is 0.252 e. The molecule has 1 heterocycles. The third-order valence-corrected chi connectivity index (χ3v) is 3.37. The van der Waals surface area contributed by atoms with Crippen molar-refractivity contribution in [3.8, 4) is 11.5 Å². The first-order valence-corrected chi connectivity index (χ1v) is 6.97. The number of H-pyrrole nitrogens is 1. The Bertz CT molecular complexity index is 790. The van der Waals surface area contributed by atoms with Gasteiger partial charge >= 0.3 is 0 Å².